The van der Waals surface area contributed by atoms with Crippen LogP contribution in [0.4, 0.5) is 9.59 Å². The smallest absolute Gasteiger partial charge is 0.542 e. The van der Waals surface area contributed by atoms with Crippen LogP contribution >= 0.6 is 12.4 Å². The number of hydrogen-bond acceptors (Lipinski definition) is 13. The number of carbonyl (C=O) groups excluding carboxylic acids is 4. The van der Waals surface area contributed by atoms with E-state index in [1.165, 1.54) is 32.4 Å². The summed E-state index contributed by atoms with van der Waals surface area (Å²) < 4.78 is 28.6. The summed E-state index contributed by atoms with van der Waals surface area (Å²) in [5, 5.41) is 26.1. The van der Waals surface area contributed by atoms with Crippen molar-refractivity contribution >= 4 is 73.9 Å². The van der Waals surface area contributed by atoms with Crippen LogP contribution in [0.5, 0.6) is 0 Å². The Hall–Kier alpha value is -7.22. The second-order valence-corrected chi connectivity index (χ2v) is 36.8. The number of imidazole rings is 2. The van der Waals surface area contributed by atoms with Crippen LogP contribution in [0.2, 0.25) is 10.1 Å². The topological polar surface area (TPSA) is 212 Å². The summed E-state index contributed by atoms with van der Waals surface area (Å²) in [6.45, 7) is 28.6. The molecule has 0 aliphatic rings. The standard InChI is InChI=1S/C38H50N4O5Si.C36H45N3O5Si.C3H9N.ClH.Na/c1-37(2,3)47-36(44)39-30(26-28-20-22-29(23-21-28)33-27-41(7)34(40-33)35(43)42(8)45-9)24-25-46-48(38(4,5)6,31-16-12-10-13-17-31)32-18-14-11-15-19-32;1-35(2,3)44-34(42)37-28(24-26-18-20-27(21-19-26)31-25-39(7)32(38-31)33(40)41)22-23-43-45(36(4,5)6,29-14-10-8-11-15-29)30-16-12-9-13-17-30;1-3-4-2;;/h10-23,27,30H,24-26H2,1-9H3,(H,39,44);8-21,25,28H,22-24H2,1-7H3,(H,37,42)(H,40,41);4H,3H2,1-2H3;1H;/q;;;;+1/p-1/t30-;28-;;;/m11.../s1. The molecule has 3 amide bonds. The average Bonchev–Trinajstić information content (AvgIpc) is 1.41. The van der Waals surface area contributed by atoms with E-state index < -0.39 is 46.0 Å². The Morgan fingerprint density at radius 1 is 0.525 bits per heavy atom. The third-order valence-corrected chi connectivity index (χ3v) is 26.4. The Bertz CT molecular complexity index is 3680. The van der Waals surface area contributed by atoms with Crippen molar-refractivity contribution in [2.45, 2.75) is 149 Å². The zero-order chi connectivity index (χ0) is 71.4. The van der Waals surface area contributed by atoms with Crippen LogP contribution in [-0.4, -0.2) is 129 Å². The fourth-order valence-electron chi connectivity index (χ4n) is 11.6. The number of halogens is 1. The summed E-state index contributed by atoms with van der Waals surface area (Å²) in [4.78, 5) is 63.7. The van der Waals surface area contributed by atoms with Gasteiger partial charge in [-0.3, -0.25) is 9.63 Å². The van der Waals surface area contributed by atoms with Crippen molar-refractivity contribution < 1.29 is 77.0 Å². The predicted octanol–water partition coefficient (Wildman–Crippen LogP) is 8.63. The number of nitrogens with zero attached hydrogens (tertiary/aromatic N) is 5. The zero-order valence-electron chi connectivity index (χ0n) is 61.7. The Labute approximate surface area is 618 Å². The molecule has 0 aliphatic heterocycles. The van der Waals surface area contributed by atoms with E-state index in [9.17, 15) is 24.3 Å². The van der Waals surface area contributed by atoms with Crippen molar-refractivity contribution in [2.75, 3.05) is 41.0 Å². The molecule has 0 aliphatic carbocycles. The van der Waals surface area contributed by atoms with E-state index in [0.717, 1.165) is 33.9 Å². The predicted molar refractivity (Wildman–Crippen MR) is 398 cm³/mol. The van der Waals surface area contributed by atoms with Gasteiger partial charge in [0, 0.05) is 70.0 Å². The number of aryl methyl sites for hydroxylation is 2. The zero-order valence-corrected chi connectivity index (χ0v) is 66.5. The number of carbonyl (C=O) groups is 4. The van der Waals surface area contributed by atoms with E-state index in [4.69, 9.17) is 23.2 Å². The molecule has 18 nitrogen and oxygen atoms in total. The van der Waals surface area contributed by atoms with Crippen molar-refractivity contribution in [1.82, 2.24) is 40.1 Å². The number of rotatable bonds is 24. The van der Waals surface area contributed by atoms with Gasteiger partial charge in [0.05, 0.1) is 18.5 Å². The Morgan fingerprint density at radius 2 is 0.828 bits per heavy atom. The van der Waals surface area contributed by atoms with E-state index in [1.807, 2.05) is 128 Å². The van der Waals surface area contributed by atoms with Crippen molar-refractivity contribution in [1.29, 1.82) is 0 Å². The molecule has 8 rings (SSSR count). The molecule has 3 N–H and O–H groups in total. The number of amides is 3. The summed E-state index contributed by atoms with van der Waals surface area (Å²) in [7, 11) is 2.84. The van der Waals surface area contributed by atoms with Crippen LogP contribution in [0.25, 0.3) is 22.5 Å². The molecule has 2 atom stereocenters. The number of carboxylic acids is 1. The molecule has 2 aromatic heterocycles. The summed E-state index contributed by atoms with van der Waals surface area (Å²) >= 11 is 0. The number of ether oxygens (including phenoxy) is 2. The first-order valence-electron chi connectivity index (χ1n) is 33.2. The largest absolute Gasteiger partial charge is 1.00 e. The van der Waals surface area contributed by atoms with Crippen LogP contribution in [-0.2, 0) is 50.1 Å². The first-order valence-corrected chi connectivity index (χ1v) is 37.0. The quantitative estimate of drug-likeness (QED) is 0.0382. The van der Waals surface area contributed by atoms with Crippen LogP contribution in [0.15, 0.2) is 182 Å². The fraction of sp³-hybridized carbons (Fsp3) is 0.403. The van der Waals surface area contributed by atoms with E-state index in [0.29, 0.717) is 50.3 Å². The Balaban J connectivity index is 0.000000392. The van der Waals surface area contributed by atoms with Gasteiger partial charge in [0.1, 0.15) is 17.2 Å². The molecule has 2 heterocycles. The maximum Gasteiger partial charge on any atom is 1.00 e. The molecule has 528 valence electrons. The van der Waals surface area contributed by atoms with Gasteiger partial charge >= 0.3 is 47.7 Å². The molecular formula is C77H104ClN8NaO10Si2. The normalized spacial score (nSPS) is 12.3. The van der Waals surface area contributed by atoms with Crippen molar-refractivity contribution in [3.05, 3.63) is 205 Å². The molecule has 8 aromatic rings. The minimum Gasteiger partial charge on any atom is -0.542 e. The minimum absolute atomic E-state index is 0. The van der Waals surface area contributed by atoms with Crippen molar-refractivity contribution in [3.8, 4) is 22.5 Å². The molecule has 0 unspecified atom stereocenters. The summed E-state index contributed by atoms with van der Waals surface area (Å²) in [6, 6.07) is 57.3. The van der Waals surface area contributed by atoms with Crippen LogP contribution in [0.3, 0.4) is 0 Å². The number of aromatic nitrogens is 4. The molecule has 0 fully saturated rings. The Kier molecular flexibility index (Phi) is 32.3. The van der Waals surface area contributed by atoms with Crippen molar-refractivity contribution in [2.24, 2.45) is 14.1 Å². The third-order valence-electron chi connectivity index (χ3n) is 16.3. The van der Waals surface area contributed by atoms with E-state index in [1.54, 1.807) is 31.9 Å². The number of nitrogens with one attached hydrogen (secondary N) is 3. The maximum atomic E-state index is 13.0. The second kappa shape index (κ2) is 38.0. The molecule has 6 aromatic carbocycles. The van der Waals surface area contributed by atoms with Gasteiger partial charge in [-0.25, -0.2) is 24.6 Å². The number of aromatic carboxylic acids is 1. The summed E-state index contributed by atoms with van der Waals surface area (Å²) in [6.07, 6.45) is 4.84. The van der Waals surface area contributed by atoms with Crippen LogP contribution < -0.4 is 71.4 Å². The summed E-state index contributed by atoms with van der Waals surface area (Å²) in [5.41, 5.74) is 3.67. The van der Waals surface area contributed by atoms with E-state index in [2.05, 4.69) is 171 Å². The van der Waals surface area contributed by atoms with Gasteiger partial charge in [-0.15, -0.1) is 12.4 Å². The van der Waals surface area contributed by atoms with Crippen molar-refractivity contribution in [3.63, 3.8) is 0 Å². The number of carboxylic acid groups (broad SMARTS) is 1. The molecule has 0 bridgehead atoms. The molecule has 99 heavy (non-hydrogen) atoms. The average molecular weight is 1420 g/mol. The fourth-order valence-corrected chi connectivity index (χ4v) is 20.8. The second-order valence-electron chi connectivity index (χ2n) is 28.2. The van der Waals surface area contributed by atoms with Gasteiger partial charge in [0.15, 0.2) is 5.82 Å². The third kappa shape index (κ3) is 23.7. The Morgan fingerprint density at radius 3 is 1.09 bits per heavy atom. The minimum atomic E-state index is -2.74. The number of alkyl carbamates (subject to hydrolysis) is 2. The number of hydrogen-bond donors (Lipinski definition) is 3. The van der Waals surface area contributed by atoms with E-state index >= 15 is 0 Å². The SMILES string of the molecule is CCNC.CON(C)C(=O)c1nc(-c2ccc(C[C@@H](CCO[Si](c3ccccc3)(c3ccccc3)C(C)(C)C)NC(=O)OC(C)(C)C)cc2)cn1C.Cl.Cn1cc(-c2ccc(C[C@@H](CCO[Si](c3ccccc3)(c3ccccc3)C(C)(C)C)NC(=O)OC(C)(C)C)cc2)nc1C(=O)[O-].[Na+]. The molecule has 0 radical (unpaired) electrons. The van der Waals surface area contributed by atoms with Gasteiger partial charge in [-0.05, 0) is 123 Å². The first-order chi connectivity index (χ1) is 45.7. The molecule has 0 saturated heterocycles. The van der Waals surface area contributed by atoms with Gasteiger partial charge in [0.2, 0.25) is 5.82 Å². The van der Waals surface area contributed by atoms with E-state index in [-0.39, 0.29) is 81.7 Å². The van der Waals surface area contributed by atoms with Crippen LogP contribution in [0, 0.1) is 0 Å². The van der Waals surface area contributed by atoms with Gasteiger partial charge in [0.25, 0.3) is 16.6 Å². The van der Waals surface area contributed by atoms with Gasteiger partial charge in [-0.1, -0.05) is 218 Å². The van der Waals surface area contributed by atoms with Gasteiger partial charge < -0.3 is 53.3 Å². The number of benzene rings is 6. The summed E-state index contributed by atoms with van der Waals surface area (Å²) in [5.74, 6) is -1.51. The first kappa shape index (κ1) is 84.2. The maximum absolute atomic E-state index is 13.0. The molecule has 22 heteroatoms. The molecule has 0 saturated carbocycles. The van der Waals surface area contributed by atoms with Gasteiger partial charge in [-0.2, -0.15) is 0 Å². The van der Waals surface area contributed by atoms with Crippen LogP contribution in [0.1, 0.15) is 135 Å². The molecular weight excluding hydrogens is 1310 g/mol. The molecule has 0 spiro atoms. The number of hydroxylamine groups is 2. The monoisotopic (exact) mass is 1410 g/mol.